The van der Waals surface area contributed by atoms with E-state index >= 15 is 0 Å². The smallest absolute Gasteiger partial charge is 0.255 e. The van der Waals surface area contributed by atoms with E-state index in [0.29, 0.717) is 5.56 Å². The molecule has 0 amide bonds. The molecule has 1 aliphatic heterocycles. The third-order valence-corrected chi connectivity index (χ3v) is 3.92. The summed E-state index contributed by atoms with van der Waals surface area (Å²) in [5, 5.41) is 0. The molecule has 0 atom stereocenters. The van der Waals surface area contributed by atoms with Gasteiger partial charge in [-0.25, -0.2) is 0 Å². The molecule has 3 rings (SSSR count). The molecule has 0 unspecified atom stereocenters. The number of aliphatic imine (C=N–C) groups is 1. The highest BCUT2D eigenvalue weighted by atomic mass is 32.2. The SMILES string of the molecule is FC(F)(F)c1ccc2c(c1)C=Nc1ccccc1S2. The maximum absolute atomic E-state index is 12.7. The Kier molecular flexibility index (Phi) is 2.86. The Labute approximate surface area is 112 Å². The molecule has 0 saturated carbocycles. The van der Waals surface area contributed by atoms with E-state index in [1.54, 1.807) is 0 Å². The van der Waals surface area contributed by atoms with Gasteiger partial charge in [0.25, 0.3) is 0 Å². The largest absolute Gasteiger partial charge is 0.416 e. The lowest BCUT2D eigenvalue weighted by molar-refractivity contribution is -0.137. The highest BCUT2D eigenvalue weighted by Crippen LogP contribution is 2.40. The molecule has 2 aromatic rings. The van der Waals surface area contributed by atoms with E-state index in [0.717, 1.165) is 27.6 Å². The van der Waals surface area contributed by atoms with Crippen molar-refractivity contribution < 1.29 is 13.2 Å². The number of alkyl halides is 3. The third kappa shape index (κ3) is 2.38. The Morgan fingerprint density at radius 2 is 1.74 bits per heavy atom. The van der Waals surface area contributed by atoms with Gasteiger partial charge in [0.15, 0.2) is 0 Å². The van der Waals surface area contributed by atoms with Crippen molar-refractivity contribution in [3.05, 3.63) is 53.6 Å². The first kappa shape index (κ1) is 12.3. The van der Waals surface area contributed by atoms with Crippen LogP contribution in [-0.2, 0) is 6.18 Å². The number of nitrogens with zero attached hydrogens (tertiary/aromatic N) is 1. The second-order valence-corrected chi connectivity index (χ2v) is 5.16. The molecule has 96 valence electrons. The Bertz CT molecular complexity index is 662. The van der Waals surface area contributed by atoms with E-state index in [1.807, 2.05) is 24.3 Å². The minimum atomic E-state index is -4.33. The summed E-state index contributed by atoms with van der Waals surface area (Å²) in [6, 6.07) is 11.2. The highest BCUT2D eigenvalue weighted by Gasteiger charge is 2.31. The fourth-order valence-electron chi connectivity index (χ4n) is 1.83. The summed E-state index contributed by atoms with van der Waals surface area (Å²) in [7, 11) is 0. The van der Waals surface area contributed by atoms with E-state index in [-0.39, 0.29) is 0 Å². The molecule has 19 heavy (non-hydrogen) atoms. The van der Waals surface area contributed by atoms with Gasteiger partial charge in [-0.3, -0.25) is 4.99 Å². The zero-order valence-electron chi connectivity index (χ0n) is 9.61. The van der Waals surface area contributed by atoms with Crippen molar-refractivity contribution in [1.29, 1.82) is 0 Å². The fourth-order valence-corrected chi connectivity index (χ4v) is 2.80. The second kappa shape index (κ2) is 4.42. The molecule has 1 aliphatic rings. The van der Waals surface area contributed by atoms with Crippen LogP contribution in [0, 0.1) is 0 Å². The van der Waals surface area contributed by atoms with E-state index in [4.69, 9.17) is 0 Å². The van der Waals surface area contributed by atoms with Crippen molar-refractivity contribution in [2.24, 2.45) is 4.99 Å². The molecule has 0 saturated heterocycles. The summed E-state index contributed by atoms with van der Waals surface area (Å²) in [6.45, 7) is 0. The first-order valence-electron chi connectivity index (χ1n) is 5.56. The Morgan fingerprint density at radius 3 is 2.53 bits per heavy atom. The van der Waals surface area contributed by atoms with Gasteiger partial charge in [-0.15, -0.1) is 0 Å². The number of hydrogen-bond donors (Lipinski definition) is 0. The van der Waals surface area contributed by atoms with Crippen molar-refractivity contribution in [3.8, 4) is 0 Å². The van der Waals surface area contributed by atoms with Crippen LogP contribution in [0.25, 0.3) is 0 Å². The van der Waals surface area contributed by atoms with Gasteiger partial charge >= 0.3 is 6.18 Å². The quantitative estimate of drug-likeness (QED) is 0.569. The zero-order chi connectivity index (χ0) is 13.5. The number of benzene rings is 2. The van der Waals surface area contributed by atoms with Gasteiger partial charge in [0.1, 0.15) is 0 Å². The van der Waals surface area contributed by atoms with Crippen LogP contribution in [0.2, 0.25) is 0 Å². The van der Waals surface area contributed by atoms with Gasteiger partial charge in [-0.1, -0.05) is 23.9 Å². The lowest BCUT2D eigenvalue weighted by Gasteiger charge is -2.09. The molecule has 1 heterocycles. The second-order valence-electron chi connectivity index (χ2n) is 4.08. The molecular formula is C14H8F3NS. The van der Waals surface area contributed by atoms with Gasteiger partial charge in [0.05, 0.1) is 11.3 Å². The molecule has 0 bridgehead atoms. The molecular weight excluding hydrogens is 271 g/mol. The average molecular weight is 279 g/mol. The summed E-state index contributed by atoms with van der Waals surface area (Å²) >= 11 is 1.43. The zero-order valence-corrected chi connectivity index (χ0v) is 10.4. The van der Waals surface area contributed by atoms with E-state index < -0.39 is 11.7 Å². The molecule has 0 aliphatic carbocycles. The molecule has 2 aromatic carbocycles. The van der Waals surface area contributed by atoms with Crippen molar-refractivity contribution >= 4 is 23.7 Å². The molecule has 0 N–H and O–H groups in total. The van der Waals surface area contributed by atoms with E-state index in [1.165, 1.54) is 24.0 Å². The number of fused-ring (bicyclic) bond motifs is 2. The van der Waals surface area contributed by atoms with E-state index in [9.17, 15) is 13.2 Å². The van der Waals surface area contributed by atoms with Gasteiger partial charge in [-0.2, -0.15) is 13.2 Å². The topological polar surface area (TPSA) is 12.4 Å². The number of halogens is 3. The van der Waals surface area contributed by atoms with Gasteiger partial charge in [-0.05, 0) is 30.3 Å². The first-order valence-corrected chi connectivity index (χ1v) is 6.38. The molecule has 0 radical (unpaired) electrons. The standard InChI is InChI=1S/C14H8F3NS/c15-14(16,17)10-5-6-12-9(7-10)8-18-11-3-1-2-4-13(11)19-12/h1-8H. The Hall–Kier alpha value is -1.75. The number of para-hydroxylation sites is 1. The Balaban J connectivity index is 2.09. The van der Waals surface area contributed by atoms with Crippen LogP contribution in [0.5, 0.6) is 0 Å². The molecule has 5 heteroatoms. The third-order valence-electron chi connectivity index (χ3n) is 2.77. The van der Waals surface area contributed by atoms with Gasteiger partial charge in [0, 0.05) is 21.6 Å². The minimum Gasteiger partial charge on any atom is -0.255 e. The van der Waals surface area contributed by atoms with Gasteiger partial charge < -0.3 is 0 Å². The summed E-state index contributed by atoms with van der Waals surface area (Å²) in [5.74, 6) is 0. The monoisotopic (exact) mass is 279 g/mol. The average Bonchev–Trinajstić information content (AvgIpc) is 2.55. The van der Waals surface area contributed by atoms with Crippen molar-refractivity contribution in [2.75, 3.05) is 0 Å². The first-order chi connectivity index (χ1) is 9.04. The minimum absolute atomic E-state index is 0.496. The number of rotatable bonds is 0. The molecule has 0 fully saturated rings. The normalized spacial score (nSPS) is 13.6. The maximum atomic E-state index is 12.7. The van der Waals surface area contributed by atoms with E-state index in [2.05, 4.69) is 4.99 Å². The maximum Gasteiger partial charge on any atom is 0.416 e. The van der Waals surface area contributed by atoms with Crippen LogP contribution in [0.3, 0.4) is 0 Å². The van der Waals surface area contributed by atoms with Crippen LogP contribution in [0.1, 0.15) is 11.1 Å². The van der Waals surface area contributed by atoms with Crippen LogP contribution < -0.4 is 0 Å². The van der Waals surface area contributed by atoms with Crippen LogP contribution in [-0.4, -0.2) is 6.21 Å². The fraction of sp³-hybridized carbons (Fsp3) is 0.0714. The lowest BCUT2D eigenvalue weighted by atomic mass is 10.1. The van der Waals surface area contributed by atoms with Crippen LogP contribution >= 0.6 is 11.8 Å². The summed E-state index contributed by atoms with van der Waals surface area (Å²) in [5.41, 5.74) is 0.623. The summed E-state index contributed by atoms with van der Waals surface area (Å²) in [6.07, 6.45) is -2.84. The van der Waals surface area contributed by atoms with Crippen molar-refractivity contribution in [3.63, 3.8) is 0 Å². The van der Waals surface area contributed by atoms with Gasteiger partial charge in [0.2, 0.25) is 0 Å². The number of hydrogen-bond acceptors (Lipinski definition) is 2. The molecule has 0 aromatic heterocycles. The highest BCUT2D eigenvalue weighted by molar-refractivity contribution is 7.99. The molecule has 0 spiro atoms. The van der Waals surface area contributed by atoms with Crippen molar-refractivity contribution in [1.82, 2.24) is 0 Å². The summed E-state index contributed by atoms with van der Waals surface area (Å²) in [4.78, 5) is 5.96. The summed E-state index contributed by atoms with van der Waals surface area (Å²) < 4.78 is 38.0. The lowest BCUT2D eigenvalue weighted by Crippen LogP contribution is -2.05. The Morgan fingerprint density at radius 1 is 0.947 bits per heavy atom. The van der Waals surface area contributed by atoms with Crippen molar-refractivity contribution in [2.45, 2.75) is 16.0 Å². The predicted molar refractivity (Wildman–Crippen MR) is 69.3 cm³/mol. The molecule has 1 nitrogen and oxygen atoms in total. The van der Waals surface area contributed by atoms with Crippen LogP contribution in [0.4, 0.5) is 18.9 Å². The predicted octanol–water partition coefficient (Wildman–Crippen LogP) is 4.92. The van der Waals surface area contributed by atoms with Crippen LogP contribution in [0.15, 0.2) is 57.2 Å².